The fourth-order valence-electron chi connectivity index (χ4n) is 2.43. The maximum atomic E-state index is 14.1. The van der Waals surface area contributed by atoms with E-state index in [2.05, 4.69) is 25.5 Å². The van der Waals surface area contributed by atoms with Crippen molar-refractivity contribution >= 4 is 68.6 Å². The highest BCUT2D eigenvalue weighted by molar-refractivity contribution is 7.19. The van der Waals surface area contributed by atoms with Gasteiger partial charge in [0.05, 0.1) is 25.8 Å². The Morgan fingerprint density at radius 2 is 1.79 bits per heavy atom. The van der Waals surface area contributed by atoms with Gasteiger partial charge in [0.1, 0.15) is 17.0 Å². The summed E-state index contributed by atoms with van der Waals surface area (Å²) in [6, 6.07) is 7.67. The Morgan fingerprint density at radius 3 is 2.50 bits per heavy atom. The number of hydrogen-bond donors (Lipinski definition) is 2. The van der Waals surface area contributed by atoms with Gasteiger partial charge in [0, 0.05) is 11.3 Å². The van der Waals surface area contributed by atoms with Crippen LogP contribution in [0.2, 0.25) is 20.1 Å². The van der Waals surface area contributed by atoms with E-state index in [1.54, 1.807) is 18.2 Å². The summed E-state index contributed by atoms with van der Waals surface area (Å²) in [6.07, 6.45) is 1.44. The molecule has 5 nitrogen and oxygen atoms in total. The van der Waals surface area contributed by atoms with Gasteiger partial charge in [-0.25, -0.2) is 14.4 Å². The van der Waals surface area contributed by atoms with E-state index < -0.39 is 5.82 Å². The van der Waals surface area contributed by atoms with Gasteiger partial charge >= 0.3 is 0 Å². The van der Waals surface area contributed by atoms with Crippen LogP contribution in [-0.4, -0.2) is 20.2 Å². The highest BCUT2D eigenvalue weighted by atomic mass is 35.5. The third kappa shape index (κ3) is 3.81. The average molecular weight is 475 g/mol. The number of benzene rings is 2. The van der Waals surface area contributed by atoms with Crippen molar-refractivity contribution in [2.24, 2.45) is 0 Å². The number of anilines is 2. The third-order valence-electron chi connectivity index (χ3n) is 3.68. The number of halogens is 5. The highest BCUT2D eigenvalue weighted by Crippen LogP contribution is 2.42. The second-order valence-electron chi connectivity index (χ2n) is 5.52. The topological polar surface area (TPSA) is 66.5 Å². The van der Waals surface area contributed by atoms with Gasteiger partial charge in [-0.15, -0.1) is 0 Å². The summed E-state index contributed by atoms with van der Waals surface area (Å²) in [5.74, 6) is -0.199. The first-order valence-electron chi connectivity index (χ1n) is 7.66. The van der Waals surface area contributed by atoms with Crippen LogP contribution in [0.1, 0.15) is 0 Å². The maximum absolute atomic E-state index is 14.1. The quantitative estimate of drug-likeness (QED) is 0.310. The summed E-state index contributed by atoms with van der Waals surface area (Å²) in [5, 5.41) is 11.4. The van der Waals surface area contributed by atoms with Crippen LogP contribution in [0.15, 0.2) is 36.7 Å². The Morgan fingerprint density at radius 1 is 0.964 bits per heavy atom. The van der Waals surface area contributed by atoms with E-state index in [9.17, 15) is 4.39 Å². The van der Waals surface area contributed by atoms with Crippen LogP contribution in [0, 0.1) is 5.82 Å². The summed E-state index contributed by atoms with van der Waals surface area (Å²) < 4.78 is 14.1. The zero-order valence-electron chi connectivity index (χ0n) is 13.6. The molecule has 2 N–H and O–H groups in total. The molecule has 0 spiro atoms. The zero-order valence-corrected chi connectivity index (χ0v) is 17.4. The summed E-state index contributed by atoms with van der Waals surface area (Å²) in [6.45, 7) is 0. The Kier molecular flexibility index (Phi) is 5.44. The maximum Gasteiger partial charge on any atom is 0.193 e. The van der Waals surface area contributed by atoms with Gasteiger partial charge in [-0.05, 0) is 30.3 Å². The van der Waals surface area contributed by atoms with Gasteiger partial charge in [-0.2, -0.15) is 5.10 Å². The average Bonchev–Trinajstić information content (AvgIpc) is 3.31. The molecule has 11 heteroatoms. The fourth-order valence-corrected chi connectivity index (χ4v) is 4.14. The van der Waals surface area contributed by atoms with Gasteiger partial charge in [-0.1, -0.05) is 57.7 Å². The van der Waals surface area contributed by atoms with Crippen LogP contribution in [-0.2, 0) is 0 Å². The van der Waals surface area contributed by atoms with Crippen LogP contribution < -0.4 is 5.32 Å². The minimum Gasteiger partial charge on any atom is -0.331 e. The van der Waals surface area contributed by atoms with E-state index in [-0.39, 0.29) is 10.0 Å². The predicted molar refractivity (Wildman–Crippen MR) is 113 cm³/mol. The molecular weight excluding hydrogens is 467 g/mol. The lowest BCUT2D eigenvalue weighted by atomic mass is 10.1. The summed E-state index contributed by atoms with van der Waals surface area (Å²) >= 11 is 25.4. The Balaban J connectivity index is 1.82. The monoisotopic (exact) mass is 473 g/mol. The second-order valence-corrected chi connectivity index (χ2v) is 8.15. The van der Waals surface area contributed by atoms with Crippen LogP contribution >= 0.6 is 57.7 Å². The van der Waals surface area contributed by atoms with Crippen LogP contribution in [0.25, 0.3) is 22.0 Å². The van der Waals surface area contributed by atoms with Crippen molar-refractivity contribution in [3.05, 3.63) is 62.6 Å². The molecule has 0 fully saturated rings. The highest BCUT2D eigenvalue weighted by Gasteiger charge is 2.21. The lowest BCUT2D eigenvalue weighted by Crippen LogP contribution is -1.91. The standard InChI is InChI=1S/C17H8Cl4FN5S/c18-9-2-1-7(3-11(9)20)25-17-26-14(15(28-17)16-23-6-24-27-16)8-4-13(22)12(21)5-10(8)19/h1-6H,(H,25,26)(H,23,24,27). The molecule has 0 saturated carbocycles. The van der Waals surface area contributed by atoms with Crippen molar-refractivity contribution in [3.63, 3.8) is 0 Å². The molecule has 2 heterocycles. The zero-order chi connectivity index (χ0) is 19.8. The summed E-state index contributed by atoms with van der Waals surface area (Å²) in [7, 11) is 0. The second kappa shape index (κ2) is 7.85. The molecule has 0 saturated heterocycles. The molecule has 0 bridgehead atoms. The molecule has 2 aromatic carbocycles. The van der Waals surface area contributed by atoms with Crippen molar-refractivity contribution in [2.45, 2.75) is 0 Å². The first-order chi connectivity index (χ1) is 13.4. The van der Waals surface area contributed by atoms with Gasteiger partial charge in [0.15, 0.2) is 11.0 Å². The minimum absolute atomic E-state index is 0.0717. The molecule has 0 aliphatic carbocycles. The summed E-state index contributed by atoms with van der Waals surface area (Å²) in [4.78, 5) is 9.33. The first kappa shape index (κ1) is 19.4. The largest absolute Gasteiger partial charge is 0.331 e. The van der Waals surface area contributed by atoms with Crippen molar-refractivity contribution in [1.82, 2.24) is 20.2 Å². The van der Waals surface area contributed by atoms with Crippen molar-refractivity contribution in [3.8, 4) is 22.0 Å². The summed E-state index contributed by atoms with van der Waals surface area (Å²) in [5.41, 5.74) is 1.49. The number of hydrogen-bond acceptors (Lipinski definition) is 5. The minimum atomic E-state index is -0.603. The molecule has 0 unspecified atom stereocenters. The molecule has 4 aromatic rings. The number of nitrogens with zero attached hydrogens (tertiary/aromatic N) is 3. The SMILES string of the molecule is Fc1cc(-c2nc(Nc3ccc(Cl)c(Cl)c3)sc2-c2nc[nH]n2)c(Cl)cc1Cl. The third-order valence-corrected chi connectivity index (χ3v) is 5.99. The van der Waals surface area contributed by atoms with Crippen LogP contribution in [0.3, 0.4) is 0 Å². The number of thiazole rings is 1. The van der Waals surface area contributed by atoms with Gasteiger partial charge < -0.3 is 5.32 Å². The van der Waals surface area contributed by atoms with E-state index >= 15 is 0 Å². The lowest BCUT2D eigenvalue weighted by molar-refractivity contribution is 0.629. The molecule has 4 rings (SSSR count). The van der Waals surface area contributed by atoms with Crippen LogP contribution in [0.4, 0.5) is 15.2 Å². The van der Waals surface area contributed by atoms with E-state index in [0.717, 1.165) is 0 Å². The number of aromatic amines is 1. The molecule has 0 aliphatic rings. The fraction of sp³-hybridized carbons (Fsp3) is 0. The van der Waals surface area contributed by atoms with Gasteiger partial charge in [0.2, 0.25) is 0 Å². The Hall–Kier alpha value is -1.90. The molecular formula is C17H8Cl4FN5S. The molecule has 0 radical (unpaired) electrons. The molecule has 28 heavy (non-hydrogen) atoms. The van der Waals surface area contributed by atoms with E-state index in [1.165, 1.54) is 29.8 Å². The van der Waals surface area contributed by atoms with Crippen molar-refractivity contribution in [2.75, 3.05) is 5.32 Å². The molecule has 0 atom stereocenters. The van der Waals surface area contributed by atoms with Crippen molar-refractivity contribution < 1.29 is 4.39 Å². The number of rotatable bonds is 4. The van der Waals surface area contributed by atoms with Crippen LogP contribution in [0.5, 0.6) is 0 Å². The van der Waals surface area contributed by atoms with Crippen molar-refractivity contribution in [1.29, 1.82) is 0 Å². The Bertz CT molecular complexity index is 1160. The van der Waals surface area contributed by atoms with Gasteiger partial charge in [-0.3, -0.25) is 5.10 Å². The van der Waals surface area contributed by atoms with E-state index in [1.807, 2.05) is 0 Å². The van der Waals surface area contributed by atoms with Gasteiger partial charge in [0.25, 0.3) is 0 Å². The Labute approximate surface area is 182 Å². The van der Waals surface area contributed by atoms with E-state index in [0.29, 0.717) is 42.8 Å². The normalized spacial score (nSPS) is 11.0. The molecule has 2 aromatic heterocycles. The number of nitrogens with one attached hydrogen (secondary N) is 2. The molecule has 0 amide bonds. The smallest absolute Gasteiger partial charge is 0.193 e. The lowest BCUT2D eigenvalue weighted by Gasteiger charge is -2.05. The number of H-pyrrole nitrogens is 1. The van der Waals surface area contributed by atoms with E-state index in [4.69, 9.17) is 46.4 Å². The first-order valence-corrected chi connectivity index (χ1v) is 9.99. The number of aromatic nitrogens is 4. The molecule has 142 valence electrons. The predicted octanol–water partition coefficient (Wildman–Crippen LogP) is 7.09. The molecule has 0 aliphatic heterocycles.